The van der Waals surface area contributed by atoms with Gasteiger partial charge < -0.3 is 19.5 Å². The summed E-state index contributed by atoms with van der Waals surface area (Å²) < 4.78 is 15.8. The first-order valence-corrected chi connectivity index (χ1v) is 6.95. The second kappa shape index (κ2) is 7.52. The Morgan fingerprint density at radius 2 is 2.00 bits per heavy atom. The van der Waals surface area contributed by atoms with E-state index in [0.717, 1.165) is 5.56 Å². The number of benzene rings is 1. The molecule has 1 aromatic carbocycles. The molecule has 0 amide bonds. The lowest BCUT2D eigenvalue weighted by atomic mass is 9.95. The summed E-state index contributed by atoms with van der Waals surface area (Å²) in [7, 11) is 4.75. The normalized spacial score (nSPS) is 11.1. The van der Waals surface area contributed by atoms with Crippen LogP contribution in [0.2, 0.25) is 5.02 Å². The molecule has 0 aliphatic rings. The molecule has 0 saturated carbocycles. The summed E-state index contributed by atoms with van der Waals surface area (Å²) in [6.45, 7) is 4.30. The summed E-state index contributed by atoms with van der Waals surface area (Å²) in [4.78, 5) is 11.7. The molecule has 1 aromatic rings. The van der Waals surface area contributed by atoms with Crippen molar-refractivity contribution in [3.63, 3.8) is 0 Å². The van der Waals surface area contributed by atoms with Crippen molar-refractivity contribution in [1.82, 2.24) is 5.32 Å². The highest BCUT2D eigenvalue weighted by atomic mass is 35.5. The Kier molecular flexibility index (Phi) is 6.30. The molecule has 0 heterocycles. The molecule has 0 bridgehead atoms. The van der Waals surface area contributed by atoms with E-state index in [1.54, 1.807) is 27.0 Å². The minimum absolute atomic E-state index is 0.140. The van der Waals surface area contributed by atoms with Crippen LogP contribution in [-0.4, -0.2) is 33.8 Å². The third-order valence-corrected chi connectivity index (χ3v) is 3.27. The Balaban J connectivity index is 2.95. The highest BCUT2D eigenvalue weighted by molar-refractivity contribution is 6.32. The molecule has 0 aliphatic heterocycles. The molecular formula is C15H22ClNO4. The van der Waals surface area contributed by atoms with Gasteiger partial charge in [-0.05, 0) is 38.6 Å². The second-order valence-corrected chi connectivity index (χ2v) is 5.71. The number of carbonyl (C=O) groups excluding carboxylic acids is 1. The van der Waals surface area contributed by atoms with Gasteiger partial charge in [-0.15, -0.1) is 0 Å². The van der Waals surface area contributed by atoms with Crippen LogP contribution in [0.5, 0.6) is 11.5 Å². The zero-order chi connectivity index (χ0) is 16.0. The Hall–Kier alpha value is -1.46. The van der Waals surface area contributed by atoms with Crippen molar-refractivity contribution in [1.29, 1.82) is 0 Å². The summed E-state index contributed by atoms with van der Waals surface area (Å²) in [6.07, 6.45) is 0. The maximum absolute atomic E-state index is 11.7. The van der Waals surface area contributed by atoms with Gasteiger partial charge in [-0.3, -0.25) is 4.79 Å². The highest BCUT2D eigenvalue weighted by Crippen LogP contribution is 2.37. The van der Waals surface area contributed by atoms with E-state index in [1.807, 2.05) is 13.1 Å². The van der Waals surface area contributed by atoms with Crippen molar-refractivity contribution < 1.29 is 19.0 Å². The minimum Gasteiger partial charge on any atom is -0.493 e. The lowest BCUT2D eigenvalue weighted by Gasteiger charge is -2.23. The van der Waals surface area contributed by atoms with Crippen LogP contribution in [0.25, 0.3) is 0 Å². The highest BCUT2D eigenvalue weighted by Gasteiger charge is 2.30. The topological polar surface area (TPSA) is 56.8 Å². The fourth-order valence-corrected chi connectivity index (χ4v) is 2.10. The van der Waals surface area contributed by atoms with Crippen LogP contribution in [0.4, 0.5) is 0 Å². The van der Waals surface area contributed by atoms with E-state index >= 15 is 0 Å². The van der Waals surface area contributed by atoms with Crippen molar-refractivity contribution >= 4 is 17.6 Å². The van der Waals surface area contributed by atoms with Gasteiger partial charge in [0.1, 0.15) is 6.61 Å². The largest absolute Gasteiger partial charge is 0.493 e. The molecule has 0 radical (unpaired) electrons. The average Bonchev–Trinajstić information content (AvgIpc) is 2.44. The molecule has 1 rings (SSSR count). The number of nitrogens with one attached hydrogen (secondary N) is 1. The van der Waals surface area contributed by atoms with Crippen molar-refractivity contribution in [3.05, 3.63) is 22.7 Å². The van der Waals surface area contributed by atoms with Crippen LogP contribution < -0.4 is 14.8 Å². The Bertz CT molecular complexity index is 503. The molecule has 0 spiro atoms. The van der Waals surface area contributed by atoms with Crippen LogP contribution in [0.15, 0.2) is 12.1 Å². The van der Waals surface area contributed by atoms with E-state index < -0.39 is 5.41 Å². The molecule has 6 heteroatoms. The Morgan fingerprint density at radius 1 is 1.33 bits per heavy atom. The summed E-state index contributed by atoms with van der Waals surface area (Å²) >= 11 is 6.24. The van der Waals surface area contributed by atoms with Gasteiger partial charge in [-0.25, -0.2) is 0 Å². The maximum atomic E-state index is 11.7. The predicted molar refractivity (Wildman–Crippen MR) is 82.1 cm³/mol. The number of ether oxygens (including phenoxy) is 3. The van der Waals surface area contributed by atoms with Crippen LogP contribution >= 0.6 is 11.6 Å². The molecule has 0 unspecified atom stereocenters. The van der Waals surface area contributed by atoms with Gasteiger partial charge in [0.25, 0.3) is 0 Å². The van der Waals surface area contributed by atoms with Crippen molar-refractivity contribution in [2.75, 3.05) is 27.9 Å². The average molecular weight is 316 g/mol. The SMILES string of the molecule is CNCc1cc(Cl)c(OCC(C)(C)C(=O)OC)c(OC)c1. The monoisotopic (exact) mass is 315 g/mol. The zero-order valence-electron chi connectivity index (χ0n) is 13.1. The van der Waals surface area contributed by atoms with E-state index in [1.165, 1.54) is 7.11 Å². The summed E-state index contributed by atoms with van der Waals surface area (Å²) in [5.41, 5.74) is 0.214. The molecule has 21 heavy (non-hydrogen) atoms. The van der Waals surface area contributed by atoms with Crippen molar-refractivity contribution in [2.24, 2.45) is 5.41 Å². The summed E-state index contributed by atoms with van der Waals surface area (Å²) in [5.74, 6) is 0.619. The lowest BCUT2D eigenvalue weighted by molar-refractivity contribution is -0.152. The molecular weight excluding hydrogens is 294 g/mol. The second-order valence-electron chi connectivity index (χ2n) is 5.30. The zero-order valence-corrected chi connectivity index (χ0v) is 13.8. The molecule has 0 fully saturated rings. The van der Waals surface area contributed by atoms with Gasteiger partial charge in [0.15, 0.2) is 11.5 Å². The number of hydrogen-bond acceptors (Lipinski definition) is 5. The fraction of sp³-hybridized carbons (Fsp3) is 0.533. The number of hydrogen-bond donors (Lipinski definition) is 1. The smallest absolute Gasteiger partial charge is 0.314 e. The van der Waals surface area contributed by atoms with Crippen molar-refractivity contribution in [3.8, 4) is 11.5 Å². The van der Waals surface area contributed by atoms with E-state index in [-0.39, 0.29) is 12.6 Å². The quantitative estimate of drug-likeness (QED) is 0.784. The summed E-state index contributed by atoms with van der Waals surface area (Å²) in [6, 6.07) is 3.66. The Labute approximate surface area is 130 Å². The maximum Gasteiger partial charge on any atom is 0.314 e. The van der Waals surface area contributed by atoms with E-state index in [0.29, 0.717) is 23.1 Å². The molecule has 118 valence electrons. The van der Waals surface area contributed by atoms with Crippen LogP contribution in [-0.2, 0) is 16.1 Å². The van der Waals surface area contributed by atoms with E-state index in [9.17, 15) is 4.79 Å². The third-order valence-electron chi connectivity index (χ3n) is 2.99. The first-order valence-electron chi connectivity index (χ1n) is 6.58. The predicted octanol–water partition coefficient (Wildman–Crippen LogP) is 2.65. The lowest BCUT2D eigenvalue weighted by Crippen LogP contribution is -2.32. The molecule has 0 saturated heterocycles. The number of rotatable bonds is 7. The third kappa shape index (κ3) is 4.51. The number of esters is 1. The number of halogens is 1. The number of methoxy groups -OCH3 is 2. The molecule has 0 atom stereocenters. The van der Waals surface area contributed by atoms with Gasteiger partial charge >= 0.3 is 5.97 Å². The molecule has 1 N–H and O–H groups in total. The van der Waals surface area contributed by atoms with Gasteiger partial charge in [0, 0.05) is 6.54 Å². The van der Waals surface area contributed by atoms with Crippen LogP contribution in [0, 0.1) is 5.41 Å². The van der Waals surface area contributed by atoms with E-state index in [4.69, 9.17) is 25.8 Å². The van der Waals surface area contributed by atoms with Gasteiger partial charge in [-0.1, -0.05) is 11.6 Å². The van der Waals surface area contributed by atoms with E-state index in [2.05, 4.69) is 5.32 Å². The molecule has 0 aliphatic carbocycles. The first-order chi connectivity index (χ1) is 9.85. The standard InChI is InChI=1S/C15H22ClNO4/c1-15(2,14(18)20-5)9-21-13-11(16)6-10(8-17-3)7-12(13)19-4/h6-7,17H,8-9H2,1-5H3. The molecule has 5 nitrogen and oxygen atoms in total. The fourth-order valence-electron chi connectivity index (χ4n) is 1.81. The summed E-state index contributed by atoms with van der Waals surface area (Å²) in [5, 5.41) is 3.49. The number of carbonyl (C=O) groups is 1. The van der Waals surface area contributed by atoms with Gasteiger partial charge in [-0.2, -0.15) is 0 Å². The minimum atomic E-state index is -0.771. The van der Waals surface area contributed by atoms with Crippen molar-refractivity contribution in [2.45, 2.75) is 20.4 Å². The van der Waals surface area contributed by atoms with Crippen LogP contribution in [0.3, 0.4) is 0 Å². The van der Waals surface area contributed by atoms with Crippen LogP contribution in [0.1, 0.15) is 19.4 Å². The molecule has 0 aromatic heterocycles. The van der Waals surface area contributed by atoms with Gasteiger partial charge in [0.2, 0.25) is 0 Å². The Morgan fingerprint density at radius 3 is 2.52 bits per heavy atom. The first kappa shape index (κ1) is 17.6. The van der Waals surface area contributed by atoms with Gasteiger partial charge in [0.05, 0.1) is 24.7 Å².